The second-order valence-corrected chi connectivity index (χ2v) is 6.29. The van der Waals surface area contributed by atoms with Crippen LogP contribution in [0.4, 0.5) is 28.4 Å². The lowest BCUT2D eigenvalue weighted by Crippen LogP contribution is -2.50. The number of hydrogen-bond donors (Lipinski definition) is 1. The molecule has 0 amide bonds. The van der Waals surface area contributed by atoms with Gasteiger partial charge in [-0.2, -0.15) is 10.2 Å². The Balaban J connectivity index is 1.44. The standard InChI is InChI=1S/C21H18N6O2/c28-27(29)21-13-11-20(12-14-21)26-16-4-15-25(24-26)19-9-7-18(8-10-19)23-22-17-5-2-1-3-6-17/h1-14,16,24H,15H2. The van der Waals surface area contributed by atoms with E-state index in [2.05, 4.69) is 15.8 Å². The van der Waals surface area contributed by atoms with Gasteiger partial charge in [0.25, 0.3) is 5.69 Å². The van der Waals surface area contributed by atoms with Gasteiger partial charge in [0.15, 0.2) is 0 Å². The summed E-state index contributed by atoms with van der Waals surface area (Å²) < 4.78 is 0. The Kier molecular flexibility index (Phi) is 5.26. The molecule has 0 radical (unpaired) electrons. The number of anilines is 2. The number of non-ortho nitro benzene ring substituents is 1. The van der Waals surface area contributed by atoms with Gasteiger partial charge in [-0.15, -0.1) is 5.53 Å². The van der Waals surface area contributed by atoms with Crippen LogP contribution in [0.2, 0.25) is 0 Å². The van der Waals surface area contributed by atoms with E-state index < -0.39 is 4.92 Å². The van der Waals surface area contributed by atoms with Crippen molar-refractivity contribution in [1.82, 2.24) is 5.53 Å². The van der Waals surface area contributed by atoms with E-state index in [-0.39, 0.29) is 5.69 Å². The van der Waals surface area contributed by atoms with Crippen molar-refractivity contribution in [2.75, 3.05) is 16.6 Å². The van der Waals surface area contributed by atoms with Gasteiger partial charge in [-0.05, 0) is 54.6 Å². The van der Waals surface area contributed by atoms with E-state index in [0.29, 0.717) is 6.54 Å². The lowest BCUT2D eigenvalue weighted by Gasteiger charge is -2.34. The number of nitro groups is 1. The molecule has 1 N–H and O–H groups in total. The predicted molar refractivity (Wildman–Crippen MR) is 112 cm³/mol. The Bertz CT molecular complexity index is 1030. The van der Waals surface area contributed by atoms with Crippen molar-refractivity contribution >= 4 is 28.4 Å². The highest BCUT2D eigenvalue weighted by Gasteiger charge is 2.15. The molecular weight excluding hydrogens is 368 g/mol. The lowest BCUT2D eigenvalue weighted by molar-refractivity contribution is -0.384. The molecule has 0 saturated carbocycles. The summed E-state index contributed by atoms with van der Waals surface area (Å²) in [6, 6.07) is 23.7. The molecule has 0 unspecified atom stereocenters. The molecule has 4 rings (SSSR count). The fourth-order valence-electron chi connectivity index (χ4n) is 2.81. The number of hydrogen-bond acceptors (Lipinski definition) is 7. The van der Waals surface area contributed by atoms with Crippen molar-refractivity contribution in [2.45, 2.75) is 0 Å². The molecule has 0 bridgehead atoms. The lowest BCUT2D eigenvalue weighted by atomic mass is 10.2. The topological polar surface area (TPSA) is 86.4 Å². The molecule has 0 aliphatic carbocycles. The molecular formula is C21H18N6O2. The zero-order chi connectivity index (χ0) is 20.1. The molecule has 8 nitrogen and oxygen atoms in total. The number of benzene rings is 3. The maximum atomic E-state index is 10.8. The Labute approximate surface area is 167 Å². The molecule has 144 valence electrons. The van der Waals surface area contributed by atoms with Crippen LogP contribution >= 0.6 is 0 Å². The van der Waals surface area contributed by atoms with Crippen LogP contribution in [0.5, 0.6) is 0 Å². The third kappa shape index (κ3) is 4.45. The molecule has 1 heterocycles. The Morgan fingerprint density at radius 3 is 2.10 bits per heavy atom. The molecule has 8 heteroatoms. The van der Waals surface area contributed by atoms with E-state index >= 15 is 0 Å². The van der Waals surface area contributed by atoms with Crippen molar-refractivity contribution in [2.24, 2.45) is 10.2 Å². The van der Waals surface area contributed by atoms with Crippen LogP contribution in [0, 0.1) is 10.1 Å². The van der Waals surface area contributed by atoms with Gasteiger partial charge in [-0.1, -0.05) is 18.2 Å². The number of azo groups is 1. The summed E-state index contributed by atoms with van der Waals surface area (Å²) in [4.78, 5) is 10.4. The molecule has 0 saturated heterocycles. The average Bonchev–Trinajstić information content (AvgIpc) is 2.79. The predicted octanol–water partition coefficient (Wildman–Crippen LogP) is 5.27. The van der Waals surface area contributed by atoms with Crippen molar-refractivity contribution in [3.8, 4) is 0 Å². The van der Waals surface area contributed by atoms with Gasteiger partial charge in [0.1, 0.15) is 0 Å². The van der Waals surface area contributed by atoms with Crippen molar-refractivity contribution < 1.29 is 4.92 Å². The summed E-state index contributed by atoms with van der Waals surface area (Å²) in [5.74, 6) is 0. The van der Waals surface area contributed by atoms with E-state index in [4.69, 9.17) is 0 Å². The number of hydrazine groups is 2. The zero-order valence-electron chi connectivity index (χ0n) is 15.4. The van der Waals surface area contributed by atoms with Crippen molar-refractivity contribution in [3.05, 3.63) is 101 Å². The maximum absolute atomic E-state index is 10.8. The SMILES string of the molecule is O=[N+]([O-])c1ccc(N2C=CCN(c3ccc(N=Nc4ccccc4)cc3)N2)cc1. The molecule has 0 spiro atoms. The minimum Gasteiger partial charge on any atom is -0.287 e. The van der Waals surface area contributed by atoms with Crippen LogP contribution < -0.4 is 15.6 Å². The zero-order valence-corrected chi connectivity index (χ0v) is 15.4. The Morgan fingerprint density at radius 2 is 1.45 bits per heavy atom. The molecule has 3 aromatic rings. The van der Waals surface area contributed by atoms with E-state index in [1.54, 1.807) is 17.1 Å². The number of nitrogens with one attached hydrogen (secondary N) is 1. The third-order valence-electron chi connectivity index (χ3n) is 4.31. The van der Waals surface area contributed by atoms with E-state index in [1.807, 2.05) is 71.9 Å². The van der Waals surface area contributed by atoms with Crippen molar-refractivity contribution in [1.29, 1.82) is 0 Å². The highest BCUT2D eigenvalue weighted by molar-refractivity contribution is 5.57. The average molecular weight is 386 g/mol. The molecule has 0 aromatic heterocycles. The van der Waals surface area contributed by atoms with Crippen LogP contribution in [0.25, 0.3) is 0 Å². The van der Waals surface area contributed by atoms with Gasteiger partial charge in [0, 0.05) is 18.3 Å². The molecule has 1 aliphatic heterocycles. The smallest absolute Gasteiger partial charge is 0.269 e. The first-order valence-electron chi connectivity index (χ1n) is 9.00. The minimum atomic E-state index is -0.410. The summed E-state index contributed by atoms with van der Waals surface area (Å²) in [5, 5.41) is 23.1. The van der Waals surface area contributed by atoms with E-state index in [9.17, 15) is 10.1 Å². The molecule has 1 aliphatic rings. The maximum Gasteiger partial charge on any atom is 0.269 e. The minimum absolute atomic E-state index is 0.0619. The van der Waals surface area contributed by atoms with E-state index in [0.717, 1.165) is 22.7 Å². The first kappa shape index (κ1) is 18.3. The quantitative estimate of drug-likeness (QED) is 0.367. The largest absolute Gasteiger partial charge is 0.287 e. The fourth-order valence-corrected chi connectivity index (χ4v) is 2.81. The van der Waals surface area contributed by atoms with Crippen molar-refractivity contribution in [3.63, 3.8) is 0 Å². The highest BCUT2D eigenvalue weighted by atomic mass is 16.6. The molecule has 0 fully saturated rings. The molecule has 29 heavy (non-hydrogen) atoms. The van der Waals surface area contributed by atoms with Crippen LogP contribution in [0.3, 0.4) is 0 Å². The van der Waals surface area contributed by atoms with Gasteiger partial charge in [0.05, 0.1) is 34.2 Å². The highest BCUT2D eigenvalue weighted by Crippen LogP contribution is 2.24. The second kappa shape index (κ2) is 8.32. The van der Waals surface area contributed by atoms with Crippen LogP contribution in [0.1, 0.15) is 0 Å². The summed E-state index contributed by atoms with van der Waals surface area (Å²) in [6.45, 7) is 0.675. The summed E-state index contributed by atoms with van der Waals surface area (Å²) >= 11 is 0. The van der Waals surface area contributed by atoms with Crippen LogP contribution in [0.15, 0.2) is 101 Å². The van der Waals surface area contributed by atoms with Gasteiger partial charge >= 0.3 is 0 Å². The fraction of sp³-hybridized carbons (Fsp3) is 0.0476. The first-order chi connectivity index (χ1) is 14.2. The number of nitrogens with zero attached hydrogens (tertiary/aromatic N) is 5. The first-order valence-corrected chi connectivity index (χ1v) is 9.00. The van der Waals surface area contributed by atoms with Gasteiger partial charge in [-0.3, -0.25) is 20.1 Å². The van der Waals surface area contributed by atoms with Crippen LogP contribution in [-0.4, -0.2) is 11.5 Å². The summed E-state index contributed by atoms with van der Waals surface area (Å²) in [7, 11) is 0. The van der Waals surface area contributed by atoms with Crippen LogP contribution in [-0.2, 0) is 0 Å². The number of nitro benzene ring substituents is 1. The Hall–Kier alpha value is -4.04. The second-order valence-electron chi connectivity index (χ2n) is 6.29. The monoisotopic (exact) mass is 386 g/mol. The summed E-state index contributed by atoms with van der Waals surface area (Å²) in [6.07, 6.45) is 3.89. The normalized spacial score (nSPS) is 13.8. The number of rotatable bonds is 5. The third-order valence-corrected chi connectivity index (χ3v) is 4.31. The van der Waals surface area contributed by atoms with Gasteiger partial charge < -0.3 is 0 Å². The van der Waals surface area contributed by atoms with E-state index in [1.165, 1.54) is 12.1 Å². The molecule has 3 aromatic carbocycles. The van der Waals surface area contributed by atoms with Gasteiger partial charge in [0.2, 0.25) is 0 Å². The summed E-state index contributed by atoms with van der Waals surface area (Å²) in [5.41, 5.74) is 6.65. The van der Waals surface area contributed by atoms with Gasteiger partial charge in [-0.25, -0.2) is 0 Å². The Morgan fingerprint density at radius 1 is 0.828 bits per heavy atom. The molecule has 0 atom stereocenters.